The van der Waals surface area contributed by atoms with Gasteiger partial charge in [0, 0.05) is 7.05 Å². The molecule has 0 bridgehead atoms. The normalized spacial score (nSPS) is 11.7. The van der Waals surface area contributed by atoms with Crippen LogP contribution in [0.25, 0.3) is 0 Å². The minimum Gasteiger partial charge on any atom is -0.271 e. The van der Waals surface area contributed by atoms with Crippen molar-refractivity contribution in [3.63, 3.8) is 0 Å². The fourth-order valence-electron chi connectivity index (χ4n) is 1.74. The highest BCUT2D eigenvalue weighted by molar-refractivity contribution is 7.90. The topological polar surface area (TPSA) is 52.0 Å². The second-order valence-corrected chi connectivity index (χ2v) is 6.11. The van der Waals surface area contributed by atoms with Crippen molar-refractivity contribution in [2.24, 2.45) is 7.05 Å². The third-order valence-electron chi connectivity index (χ3n) is 2.59. The average Bonchev–Trinajstić information content (AvgIpc) is 2.56. The molecule has 0 fully saturated rings. The molecule has 0 aliphatic rings. The fourth-order valence-corrected chi connectivity index (χ4v) is 3.14. The Bertz CT molecular complexity index is 677. The second kappa shape index (κ2) is 4.53. The number of sulfone groups is 1. The van der Waals surface area contributed by atoms with Gasteiger partial charge in [0.15, 0.2) is 9.84 Å². The number of benzene rings is 1. The van der Waals surface area contributed by atoms with Gasteiger partial charge in [-0.2, -0.15) is 5.10 Å². The number of rotatable bonds is 3. The summed E-state index contributed by atoms with van der Waals surface area (Å²) in [7, 11) is -1.86. The van der Waals surface area contributed by atoms with Crippen LogP contribution in [-0.2, 0) is 22.6 Å². The molecule has 6 heteroatoms. The van der Waals surface area contributed by atoms with Gasteiger partial charge in [-0.15, -0.1) is 0 Å². The molecular weight excluding hydrogens is 255 g/mol. The summed E-state index contributed by atoms with van der Waals surface area (Å²) < 4.78 is 38.8. The standard InChI is InChI=1S/C12H13FN2O2S/c1-9-6-11(15(2)14-9)8-18(16,17)12-5-3-4-10(13)7-12/h3-7H,8H2,1-2H3. The molecule has 2 aromatic rings. The third-order valence-corrected chi connectivity index (χ3v) is 4.24. The number of halogens is 1. The lowest BCUT2D eigenvalue weighted by molar-refractivity contribution is 0.587. The van der Waals surface area contributed by atoms with E-state index in [-0.39, 0.29) is 10.6 Å². The van der Waals surface area contributed by atoms with E-state index < -0.39 is 15.7 Å². The Morgan fingerprint density at radius 3 is 2.61 bits per heavy atom. The van der Waals surface area contributed by atoms with Crippen molar-refractivity contribution in [2.75, 3.05) is 0 Å². The minimum absolute atomic E-state index is 0.0126. The van der Waals surface area contributed by atoms with Crippen molar-refractivity contribution in [1.29, 1.82) is 0 Å². The molecule has 0 atom stereocenters. The summed E-state index contributed by atoms with van der Waals surface area (Å²) in [5, 5.41) is 4.08. The summed E-state index contributed by atoms with van der Waals surface area (Å²) in [5.41, 5.74) is 1.33. The number of nitrogens with zero attached hydrogens (tertiary/aromatic N) is 2. The van der Waals surface area contributed by atoms with Gasteiger partial charge < -0.3 is 0 Å². The highest BCUT2D eigenvalue weighted by atomic mass is 32.2. The first-order chi connectivity index (χ1) is 8.38. The first kappa shape index (κ1) is 12.8. The van der Waals surface area contributed by atoms with Crippen LogP contribution in [0.5, 0.6) is 0 Å². The Kier molecular flexibility index (Phi) is 3.21. The van der Waals surface area contributed by atoms with Crippen molar-refractivity contribution >= 4 is 9.84 Å². The van der Waals surface area contributed by atoms with Gasteiger partial charge in [0.2, 0.25) is 0 Å². The van der Waals surface area contributed by atoms with Gasteiger partial charge in [-0.3, -0.25) is 4.68 Å². The molecule has 0 amide bonds. The molecule has 0 radical (unpaired) electrons. The zero-order chi connectivity index (χ0) is 13.3. The van der Waals surface area contributed by atoms with Crippen LogP contribution in [0, 0.1) is 12.7 Å². The summed E-state index contributed by atoms with van der Waals surface area (Å²) >= 11 is 0. The SMILES string of the molecule is Cc1cc(CS(=O)(=O)c2cccc(F)c2)n(C)n1. The van der Waals surface area contributed by atoms with Crippen LogP contribution in [0.4, 0.5) is 4.39 Å². The van der Waals surface area contributed by atoms with E-state index in [4.69, 9.17) is 0 Å². The Morgan fingerprint density at radius 2 is 2.06 bits per heavy atom. The monoisotopic (exact) mass is 268 g/mol. The lowest BCUT2D eigenvalue weighted by atomic mass is 10.3. The maximum Gasteiger partial charge on any atom is 0.184 e. The first-order valence-corrected chi connectivity index (χ1v) is 7.01. The van der Waals surface area contributed by atoms with Gasteiger partial charge in [0.1, 0.15) is 5.82 Å². The van der Waals surface area contributed by atoms with Crippen LogP contribution in [0.1, 0.15) is 11.4 Å². The lowest BCUT2D eigenvalue weighted by Gasteiger charge is -2.04. The van der Waals surface area contributed by atoms with Gasteiger partial charge in [-0.1, -0.05) is 6.07 Å². The van der Waals surface area contributed by atoms with E-state index in [9.17, 15) is 12.8 Å². The van der Waals surface area contributed by atoms with Gasteiger partial charge in [-0.05, 0) is 31.2 Å². The third kappa shape index (κ3) is 2.59. The quantitative estimate of drug-likeness (QED) is 0.853. The summed E-state index contributed by atoms with van der Waals surface area (Å²) in [6, 6.07) is 6.72. The summed E-state index contributed by atoms with van der Waals surface area (Å²) in [4.78, 5) is -0.0126. The summed E-state index contributed by atoms with van der Waals surface area (Å²) in [5.74, 6) is -0.745. The molecule has 18 heavy (non-hydrogen) atoms. The Balaban J connectivity index is 2.36. The summed E-state index contributed by atoms with van der Waals surface area (Å²) in [6.45, 7) is 1.79. The highest BCUT2D eigenvalue weighted by Gasteiger charge is 2.18. The maximum atomic E-state index is 13.0. The highest BCUT2D eigenvalue weighted by Crippen LogP contribution is 2.17. The van der Waals surface area contributed by atoms with Gasteiger partial charge in [-0.25, -0.2) is 12.8 Å². The molecule has 96 valence electrons. The molecule has 0 aliphatic heterocycles. The molecule has 4 nitrogen and oxygen atoms in total. The molecule has 0 saturated heterocycles. The Labute approximate surface area is 105 Å². The fraction of sp³-hybridized carbons (Fsp3) is 0.250. The van der Waals surface area contributed by atoms with E-state index in [1.54, 1.807) is 20.0 Å². The van der Waals surface area contributed by atoms with E-state index in [1.165, 1.54) is 22.9 Å². The number of aryl methyl sites for hydroxylation is 2. The van der Waals surface area contributed by atoms with Gasteiger partial charge in [0.05, 0.1) is 22.0 Å². The molecule has 1 heterocycles. The lowest BCUT2D eigenvalue weighted by Crippen LogP contribution is -2.09. The molecule has 1 aromatic carbocycles. The molecule has 2 rings (SSSR count). The van der Waals surface area contributed by atoms with Crippen LogP contribution in [-0.4, -0.2) is 18.2 Å². The van der Waals surface area contributed by atoms with Crippen LogP contribution in [0.3, 0.4) is 0 Å². The van der Waals surface area contributed by atoms with Gasteiger partial charge in [0.25, 0.3) is 0 Å². The van der Waals surface area contributed by atoms with E-state index in [2.05, 4.69) is 5.10 Å². The average molecular weight is 268 g/mol. The van der Waals surface area contributed by atoms with Crippen molar-refractivity contribution in [2.45, 2.75) is 17.6 Å². The van der Waals surface area contributed by atoms with E-state index >= 15 is 0 Å². The van der Waals surface area contributed by atoms with Crippen LogP contribution >= 0.6 is 0 Å². The zero-order valence-electron chi connectivity index (χ0n) is 10.1. The van der Waals surface area contributed by atoms with Gasteiger partial charge >= 0.3 is 0 Å². The summed E-state index contributed by atoms with van der Waals surface area (Å²) in [6.07, 6.45) is 0. The van der Waals surface area contributed by atoms with Crippen LogP contribution in [0.15, 0.2) is 35.2 Å². The number of hydrogen-bond donors (Lipinski definition) is 0. The molecule has 0 unspecified atom stereocenters. The number of aromatic nitrogens is 2. The van der Waals surface area contributed by atoms with E-state index in [1.807, 2.05) is 0 Å². The molecule has 0 spiro atoms. The largest absolute Gasteiger partial charge is 0.271 e. The predicted molar refractivity (Wildman–Crippen MR) is 65.2 cm³/mol. The number of hydrogen-bond acceptors (Lipinski definition) is 3. The Hall–Kier alpha value is -1.69. The van der Waals surface area contributed by atoms with Crippen LogP contribution in [0.2, 0.25) is 0 Å². The van der Waals surface area contributed by atoms with Crippen molar-refractivity contribution in [3.05, 3.63) is 47.5 Å². The minimum atomic E-state index is -3.55. The Morgan fingerprint density at radius 1 is 1.33 bits per heavy atom. The molecular formula is C12H13FN2O2S. The predicted octanol–water partition coefficient (Wildman–Crippen LogP) is 1.84. The van der Waals surface area contributed by atoms with Crippen molar-refractivity contribution < 1.29 is 12.8 Å². The molecule has 0 aliphatic carbocycles. The smallest absolute Gasteiger partial charge is 0.184 e. The van der Waals surface area contributed by atoms with Crippen molar-refractivity contribution in [3.8, 4) is 0 Å². The van der Waals surface area contributed by atoms with Crippen molar-refractivity contribution in [1.82, 2.24) is 9.78 Å². The molecule has 0 N–H and O–H groups in total. The van der Waals surface area contributed by atoms with E-state index in [0.717, 1.165) is 11.8 Å². The maximum absolute atomic E-state index is 13.0. The second-order valence-electron chi connectivity index (χ2n) is 4.12. The van der Waals surface area contributed by atoms with Crippen LogP contribution < -0.4 is 0 Å². The zero-order valence-corrected chi connectivity index (χ0v) is 10.9. The van der Waals surface area contributed by atoms with E-state index in [0.29, 0.717) is 5.69 Å². The molecule has 0 saturated carbocycles. The molecule has 1 aromatic heterocycles. The first-order valence-electron chi connectivity index (χ1n) is 5.36.